The van der Waals surface area contributed by atoms with Gasteiger partial charge in [-0.05, 0) is 69.3 Å². The standard InChI is InChI=1S/C23H23ClN2O4/c1-14-22(16(3)27)15(2)26(25-14)12-20(28)13-30-21-10-6-18(7-11-21)23(29)17-4-8-19(24)9-5-17/h4-11,20,28H,12-13H2,1-3H3/t20-/m1/s1. The Kier molecular flexibility index (Phi) is 6.70. The molecular weight excluding hydrogens is 404 g/mol. The Hall–Kier alpha value is -2.96. The SMILES string of the molecule is CC(=O)c1c(C)nn(C[C@@H](O)COc2ccc(C(=O)c3ccc(Cl)cc3)cc2)c1C. The lowest BCUT2D eigenvalue weighted by Crippen LogP contribution is -2.25. The van der Waals surface area contributed by atoms with Crippen LogP contribution in [0.5, 0.6) is 5.75 Å². The first kappa shape index (κ1) is 21.7. The van der Waals surface area contributed by atoms with Gasteiger partial charge in [0.05, 0.1) is 17.8 Å². The van der Waals surface area contributed by atoms with Crippen LogP contribution in [-0.2, 0) is 6.54 Å². The van der Waals surface area contributed by atoms with E-state index in [1.165, 1.54) is 6.92 Å². The van der Waals surface area contributed by atoms with Gasteiger partial charge in [-0.2, -0.15) is 5.10 Å². The summed E-state index contributed by atoms with van der Waals surface area (Å²) < 4.78 is 7.25. The highest BCUT2D eigenvalue weighted by Crippen LogP contribution is 2.18. The second-order valence-electron chi connectivity index (χ2n) is 7.11. The number of hydrogen-bond donors (Lipinski definition) is 1. The third kappa shape index (κ3) is 4.96. The fraction of sp³-hybridized carbons (Fsp3) is 0.261. The third-order valence-corrected chi connectivity index (χ3v) is 5.03. The number of benzene rings is 2. The largest absolute Gasteiger partial charge is 0.491 e. The third-order valence-electron chi connectivity index (χ3n) is 4.78. The number of aliphatic hydroxyl groups is 1. The molecule has 0 aliphatic rings. The lowest BCUT2D eigenvalue weighted by atomic mass is 10.0. The second-order valence-corrected chi connectivity index (χ2v) is 7.55. The summed E-state index contributed by atoms with van der Waals surface area (Å²) in [5.41, 5.74) is 3.05. The maximum Gasteiger partial charge on any atom is 0.193 e. The quantitative estimate of drug-likeness (QED) is 0.550. The van der Waals surface area contributed by atoms with Crippen molar-refractivity contribution in [3.05, 3.63) is 81.6 Å². The van der Waals surface area contributed by atoms with Crippen molar-refractivity contribution < 1.29 is 19.4 Å². The Bertz CT molecular complexity index is 1060. The number of aryl methyl sites for hydroxylation is 1. The van der Waals surface area contributed by atoms with E-state index < -0.39 is 6.10 Å². The van der Waals surface area contributed by atoms with Gasteiger partial charge in [-0.1, -0.05) is 11.6 Å². The zero-order valence-electron chi connectivity index (χ0n) is 17.1. The predicted molar refractivity (Wildman–Crippen MR) is 115 cm³/mol. The molecule has 0 aliphatic carbocycles. The predicted octanol–water partition coefficient (Wildman–Crippen LogP) is 4.03. The Labute approximate surface area is 180 Å². The van der Waals surface area contributed by atoms with E-state index >= 15 is 0 Å². The molecule has 2 aromatic carbocycles. The molecule has 1 aromatic heterocycles. The maximum atomic E-state index is 12.5. The van der Waals surface area contributed by atoms with Crippen molar-refractivity contribution in [3.8, 4) is 5.75 Å². The topological polar surface area (TPSA) is 81.4 Å². The van der Waals surface area contributed by atoms with Crippen molar-refractivity contribution in [1.29, 1.82) is 0 Å². The fourth-order valence-corrected chi connectivity index (χ4v) is 3.43. The number of ketones is 2. The van der Waals surface area contributed by atoms with E-state index in [9.17, 15) is 14.7 Å². The Balaban J connectivity index is 1.58. The molecule has 1 atom stereocenters. The van der Waals surface area contributed by atoms with Crippen molar-refractivity contribution in [2.75, 3.05) is 6.61 Å². The van der Waals surface area contributed by atoms with E-state index in [0.29, 0.717) is 33.2 Å². The molecule has 0 aliphatic heterocycles. The van der Waals surface area contributed by atoms with Crippen LogP contribution >= 0.6 is 11.6 Å². The average molecular weight is 427 g/mol. The van der Waals surface area contributed by atoms with E-state index in [0.717, 1.165) is 5.69 Å². The molecule has 1 N–H and O–H groups in total. The normalized spacial score (nSPS) is 11.9. The minimum atomic E-state index is -0.807. The molecule has 0 saturated carbocycles. The number of Topliss-reactive ketones (excluding diaryl/α,β-unsaturated/α-hetero) is 1. The van der Waals surface area contributed by atoms with Crippen molar-refractivity contribution in [2.45, 2.75) is 33.4 Å². The van der Waals surface area contributed by atoms with E-state index in [-0.39, 0.29) is 24.7 Å². The van der Waals surface area contributed by atoms with Crippen LogP contribution in [-0.4, -0.2) is 39.2 Å². The molecule has 7 heteroatoms. The Morgan fingerprint density at radius 2 is 1.63 bits per heavy atom. The summed E-state index contributed by atoms with van der Waals surface area (Å²) in [5.74, 6) is 0.388. The lowest BCUT2D eigenvalue weighted by molar-refractivity contribution is 0.0884. The van der Waals surface area contributed by atoms with E-state index in [1.807, 2.05) is 0 Å². The van der Waals surface area contributed by atoms with E-state index in [4.69, 9.17) is 16.3 Å². The van der Waals surface area contributed by atoms with Crippen LogP contribution in [0.4, 0.5) is 0 Å². The highest BCUT2D eigenvalue weighted by molar-refractivity contribution is 6.30. The second kappa shape index (κ2) is 9.24. The first-order chi connectivity index (χ1) is 14.3. The molecule has 1 heterocycles. The van der Waals surface area contributed by atoms with Gasteiger partial charge in [0.1, 0.15) is 18.5 Å². The van der Waals surface area contributed by atoms with Gasteiger partial charge in [-0.15, -0.1) is 0 Å². The number of aliphatic hydroxyl groups excluding tert-OH is 1. The smallest absolute Gasteiger partial charge is 0.193 e. The zero-order valence-corrected chi connectivity index (χ0v) is 17.8. The van der Waals surface area contributed by atoms with Gasteiger partial charge in [-0.25, -0.2) is 0 Å². The minimum Gasteiger partial charge on any atom is -0.491 e. The summed E-state index contributed by atoms with van der Waals surface area (Å²) in [4.78, 5) is 24.2. The number of aromatic nitrogens is 2. The molecule has 3 rings (SSSR count). The molecule has 0 radical (unpaired) electrons. The number of halogens is 1. The molecule has 0 unspecified atom stereocenters. The average Bonchev–Trinajstić information content (AvgIpc) is 3.00. The van der Waals surface area contributed by atoms with Gasteiger partial charge in [0.2, 0.25) is 0 Å². The maximum absolute atomic E-state index is 12.5. The van der Waals surface area contributed by atoms with Crippen molar-refractivity contribution in [3.63, 3.8) is 0 Å². The Morgan fingerprint density at radius 3 is 2.17 bits per heavy atom. The summed E-state index contributed by atoms with van der Waals surface area (Å²) in [5, 5.41) is 15.2. The van der Waals surface area contributed by atoms with Crippen molar-refractivity contribution in [2.24, 2.45) is 0 Å². The van der Waals surface area contributed by atoms with Crippen LogP contribution < -0.4 is 4.74 Å². The number of nitrogens with zero attached hydrogens (tertiary/aromatic N) is 2. The van der Waals surface area contributed by atoms with E-state index in [2.05, 4.69) is 5.10 Å². The monoisotopic (exact) mass is 426 g/mol. The van der Waals surface area contributed by atoms with Crippen LogP contribution in [0.3, 0.4) is 0 Å². The van der Waals surface area contributed by atoms with Crippen molar-refractivity contribution >= 4 is 23.2 Å². The highest BCUT2D eigenvalue weighted by Gasteiger charge is 2.17. The Morgan fingerprint density at radius 1 is 1.07 bits per heavy atom. The first-order valence-electron chi connectivity index (χ1n) is 9.52. The molecule has 0 spiro atoms. The first-order valence-corrected chi connectivity index (χ1v) is 9.90. The van der Waals surface area contributed by atoms with Crippen LogP contribution in [0.25, 0.3) is 0 Å². The van der Waals surface area contributed by atoms with Gasteiger partial charge >= 0.3 is 0 Å². The molecule has 0 amide bonds. The molecule has 0 saturated heterocycles. The zero-order chi connectivity index (χ0) is 21.8. The fourth-order valence-electron chi connectivity index (χ4n) is 3.30. The minimum absolute atomic E-state index is 0.0461. The number of carbonyl (C=O) groups excluding carboxylic acids is 2. The van der Waals surface area contributed by atoms with Gasteiger partial charge in [0.15, 0.2) is 11.6 Å². The van der Waals surface area contributed by atoms with Gasteiger partial charge in [0.25, 0.3) is 0 Å². The molecule has 0 fully saturated rings. The number of carbonyl (C=O) groups is 2. The van der Waals surface area contributed by atoms with Crippen LogP contribution in [0.15, 0.2) is 48.5 Å². The molecule has 3 aromatic rings. The summed E-state index contributed by atoms with van der Waals surface area (Å²) in [6, 6.07) is 13.5. The summed E-state index contributed by atoms with van der Waals surface area (Å²) in [6.07, 6.45) is -0.807. The number of hydrogen-bond acceptors (Lipinski definition) is 5. The van der Waals surface area contributed by atoms with Crippen LogP contribution in [0, 0.1) is 13.8 Å². The molecule has 30 heavy (non-hydrogen) atoms. The number of rotatable bonds is 8. The van der Waals surface area contributed by atoms with Gasteiger partial charge in [0, 0.05) is 21.8 Å². The lowest BCUT2D eigenvalue weighted by Gasteiger charge is -2.14. The van der Waals surface area contributed by atoms with Gasteiger partial charge < -0.3 is 9.84 Å². The highest BCUT2D eigenvalue weighted by atomic mass is 35.5. The molecular formula is C23H23ClN2O4. The summed E-state index contributed by atoms with van der Waals surface area (Å²) in [7, 11) is 0. The number of ether oxygens (including phenoxy) is 1. The van der Waals surface area contributed by atoms with Crippen LogP contribution in [0.2, 0.25) is 5.02 Å². The summed E-state index contributed by atoms with van der Waals surface area (Å²) >= 11 is 5.86. The van der Waals surface area contributed by atoms with Gasteiger partial charge in [-0.3, -0.25) is 14.3 Å². The molecule has 6 nitrogen and oxygen atoms in total. The van der Waals surface area contributed by atoms with Crippen LogP contribution in [0.1, 0.15) is 44.6 Å². The van der Waals surface area contributed by atoms with E-state index in [1.54, 1.807) is 67.1 Å². The molecule has 156 valence electrons. The molecule has 0 bridgehead atoms. The summed E-state index contributed by atoms with van der Waals surface area (Å²) in [6.45, 7) is 5.35. The van der Waals surface area contributed by atoms with Crippen molar-refractivity contribution in [1.82, 2.24) is 9.78 Å².